The molecule has 0 saturated carbocycles. The average molecular weight is 498 g/mol. The van der Waals surface area contributed by atoms with Gasteiger partial charge in [0.1, 0.15) is 17.2 Å². The first-order chi connectivity index (χ1) is 18.6. The van der Waals surface area contributed by atoms with Crippen molar-refractivity contribution < 1.29 is 14.3 Å². The van der Waals surface area contributed by atoms with Crippen LogP contribution in [0.3, 0.4) is 0 Å². The monoisotopic (exact) mass is 497 g/mol. The number of carbonyl (C=O) groups is 1. The van der Waals surface area contributed by atoms with Crippen molar-refractivity contribution >= 4 is 27.7 Å². The first-order valence-electron chi connectivity index (χ1n) is 12.3. The SMILES string of the molecule is COc1ccc(-c2c[c]c3c4c(C(N)=O)cccc4n(Cc4ccccc4Oc4ccccc4)c3c2)cc1. The van der Waals surface area contributed by atoms with Gasteiger partial charge in [-0.3, -0.25) is 4.79 Å². The largest absolute Gasteiger partial charge is 0.497 e. The number of ether oxygens (including phenoxy) is 2. The molecule has 0 aliphatic carbocycles. The number of methoxy groups -OCH3 is 1. The maximum Gasteiger partial charge on any atom is 0.249 e. The molecular formula is C33H25N2O3. The summed E-state index contributed by atoms with van der Waals surface area (Å²) in [5, 5.41) is 1.66. The highest BCUT2D eigenvalue weighted by molar-refractivity contribution is 6.18. The minimum absolute atomic E-state index is 0.463. The summed E-state index contributed by atoms with van der Waals surface area (Å²) in [7, 11) is 1.66. The Morgan fingerprint density at radius 2 is 1.58 bits per heavy atom. The minimum atomic E-state index is -0.463. The first-order valence-corrected chi connectivity index (χ1v) is 12.3. The molecule has 0 spiro atoms. The van der Waals surface area contributed by atoms with Crippen LogP contribution in [0.1, 0.15) is 15.9 Å². The summed E-state index contributed by atoms with van der Waals surface area (Å²) >= 11 is 0. The Labute approximate surface area is 220 Å². The van der Waals surface area contributed by atoms with Crippen molar-refractivity contribution in [1.29, 1.82) is 0 Å². The number of aromatic nitrogens is 1. The van der Waals surface area contributed by atoms with Crippen LogP contribution in [0, 0.1) is 6.07 Å². The third-order valence-electron chi connectivity index (χ3n) is 6.76. The zero-order chi connectivity index (χ0) is 26.1. The molecule has 5 aromatic carbocycles. The summed E-state index contributed by atoms with van der Waals surface area (Å²) in [6.45, 7) is 0.533. The second-order valence-corrected chi connectivity index (χ2v) is 9.05. The van der Waals surface area contributed by atoms with E-state index in [-0.39, 0.29) is 0 Å². The van der Waals surface area contributed by atoms with Gasteiger partial charge in [0.25, 0.3) is 0 Å². The van der Waals surface area contributed by atoms with Gasteiger partial charge in [-0.2, -0.15) is 0 Å². The molecule has 1 heterocycles. The van der Waals surface area contributed by atoms with Gasteiger partial charge in [0.2, 0.25) is 5.91 Å². The summed E-state index contributed by atoms with van der Waals surface area (Å²) in [5.41, 5.74) is 11.2. The molecule has 5 heteroatoms. The van der Waals surface area contributed by atoms with E-state index in [9.17, 15) is 4.79 Å². The summed E-state index contributed by atoms with van der Waals surface area (Å²) in [6, 6.07) is 38.9. The van der Waals surface area contributed by atoms with Crippen molar-refractivity contribution in [3.05, 3.63) is 126 Å². The minimum Gasteiger partial charge on any atom is -0.497 e. The predicted molar refractivity (Wildman–Crippen MR) is 151 cm³/mol. The van der Waals surface area contributed by atoms with Gasteiger partial charge < -0.3 is 19.8 Å². The molecule has 2 N–H and O–H groups in total. The van der Waals surface area contributed by atoms with E-state index in [1.54, 1.807) is 13.2 Å². The van der Waals surface area contributed by atoms with E-state index in [0.717, 1.165) is 55.7 Å². The fourth-order valence-electron chi connectivity index (χ4n) is 4.90. The Morgan fingerprint density at radius 1 is 0.816 bits per heavy atom. The number of hydrogen-bond donors (Lipinski definition) is 1. The van der Waals surface area contributed by atoms with Gasteiger partial charge in [-0.05, 0) is 71.8 Å². The molecule has 0 aliphatic rings. The van der Waals surface area contributed by atoms with Crippen molar-refractivity contribution in [1.82, 2.24) is 4.57 Å². The van der Waals surface area contributed by atoms with E-state index in [4.69, 9.17) is 15.2 Å². The normalized spacial score (nSPS) is 11.1. The molecular weight excluding hydrogens is 472 g/mol. The predicted octanol–water partition coefficient (Wildman–Crippen LogP) is 7.21. The van der Waals surface area contributed by atoms with Crippen LogP contribution in [0.2, 0.25) is 0 Å². The standard InChI is InChI=1S/C33H25N2O3/c1-37-25-17-14-22(15-18-25)23-16-19-27-30(20-23)35(29-12-7-11-28(32(27)29)33(34)36)21-24-8-5-6-13-31(24)38-26-9-3-2-4-10-26/h2-18,20H,21H2,1H3,(H2,34,36). The van der Waals surface area contributed by atoms with E-state index in [1.165, 1.54) is 0 Å². The number of nitrogens with zero attached hydrogens (tertiary/aromatic N) is 1. The lowest BCUT2D eigenvalue weighted by atomic mass is 10.0. The number of para-hydroxylation sites is 2. The molecule has 1 amide bonds. The topological polar surface area (TPSA) is 66.5 Å². The van der Waals surface area contributed by atoms with Gasteiger partial charge in [-0.15, -0.1) is 0 Å². The lowest BCUT2D eigenvalue weighted by Crippen LogP contribution is -2.11. The van der Waals surface area contributed by atoms with Gasteiger partial charge in [0, 0.05) is 21.9 Å². The number of primary amides is 1. The number of carbonyl (C=O) groups excluding carboxylic acids is 1. The van der Waals surface area contributed by atoms with Crippen LogP contribution in [0.4, 0.5) is 0 Å². The summed E-state index contributed by atoms with van der Waals surface area (Å²) in [5.74, 6) is 1.88. The van der Waals surface area contributed by atoms with Crippen LogP contribution in [-0.4, -0.2) is 17.6 Å². The highest BCUT2D eigenvalue weighted by Crippen LogP contribution is 2.36. The highest BCUT2D eigenvalue weighted by Gasteiger charge is 2.18. The van der Waals surface area contributed by atoms with E-state index < -0.39 is 5.91 Å². The fourth-order valence-corrected chi connectivity index (χ4v) is 4.90. The molecule has 6 aromatic rings. The zero-order valence-electron chi connectivity index (χ0n) is 20.8. The highest BCUT2D eigenvalue weighted by atomic mass is 16.5. The first kappa shape index (κ1) is 23.4. The molecule has 1 radical (unpaired) electrons. The van der Waals surface area contributed by atoms with Crippen LogP contribution in [0.15, 0.2) is 109 Å². The number of hydrogen-bond acceptors (Lipinski definition) is 3. The summed E-state index contributed by atoms with van der Waals surface area (Å²) in [4.78, 5) is 12.4. The quantitative estimate of drug-likeness (QED) is 0.253. The molecule has 0 bridgehead atoms. The smallest absolute Gasteiger partial charge is 0.249 e. The van der Waals surface area contributed by atoms with Crippen LogP contribution >= 0.6 is 0 Å². The average Bonchev–Trinajstić information content (AvgIpc) is 3.27. The maximum absolute atomic E-state index is 12.4. The van der Waals surface area contributed by atoms with Crippen LogP contribution in [0.5, 0.6) is 17.2 Å². The Hall–Kier alpha value is -5.03. The molecule has 38 heavy (non-hydrogen) atoms. The number of rotatable bonds is 7. The molecule has 0 aliphatic heterocycles. The lowest BCUT2D eigenvalue weighted by molar-refractivity contribution is 0.100. The second kappa shape index (κ2) is 9.79. The number of amides is 1. The lowest BCUT2D eigenvalue weighted by Gasteiger charge is -2.14. The van der Waals surface area contributed by atoms with Crippen molar-refractivity contribution in [2.45, 2.75) is 6.54 Å². The fraction of sp³-hybridized carbons (Fsp3) is 0.0606. The van der Waals surface area contributed by atoms with Gasteiger partial charge in [-0.25, -0.2) is 0 Å². The molecule has 0 saturated heterocycles. The van der Waals surface area contributed by atoms with E-state index in [2.05, 4.69) is 22.8 Å². The molecule has 0 atom stereocenters. The third kappa shape index (κ3) is 4.24. The van der Waals surface area contributed by atoms with Crippen LogP contribution in [-0.2, 0) is 6.54 Å². The van der Waals surface area contributed by atoms with E-state index in [1.807, 2.05) is 91.0 Å². The second-order valence-electron chi connectivity index (χ2n) is 9.05. The molecule has 0 unspecified atom stereocenters. The van der Waals surface area contributed by atoms with Crippen molar-refractivity contribution in [2.75, 3.05) is 7.11 Å². The summed E-state index contributed by atoms with van der Waals surface area (Å²) < 4.78 is 13.8. The zero-order valence-corrected chi connectivity index (χ0v) is 20.8. The Morgan fingerprint density at radius 3 is 2.34 bits per heavy atom. The Kier molecular flexibility index (Phi) is 6.02. The van der Waals surface area contributed by atoms with Crippen LogP contribution in [0.25, 0.3) is 32.9 Å². The molecule has 6 rings (SSSR count). The van der Waals surface area contributed by atoms with Crippen molar-refractivity contribution in [2.24, 2.45) is 5.73 Å². The number of benzene rings is 5. The maximum atomic E-state index is 12.4. The Bertz CT molecular complexity index is 1770. The van der Waals surface area contributed by atoms with Crippen molar-refractivity contribution in [3.63, 3.8) is 0 Å². The molecule has 0 fully saturated rings. The van der Waals surface area contributed by atoms with Gasteiger partial charge >= 0.3 is 0 Å². The van der Waals surface area contributed by atoms with Gasteiger partial charge in [0.15, 0.2) is 0 Å². The molecule has 1 aromatic heterocycles. The third-order valence-corrected chi connectivity index (χ3v) is 6.76. The molecule has 5 nitrogen and oxygen atoms in total. The van der Waals surface area contributed by atoms with Gasteiger partial charge in [-0.1, -0.05) is 54.6 Å². The number of fused-ring (bicyclic) bond motifs is 3. The van der Waals surface area contributed by atoms with E-state index >= 15 is 0 Å². The number of nitrogens with two attached hydrogens (primary N) is 1. The van der Waals surface area contributed by atoms with Crippen molar-refractivity contribution in [3.8, 4) is 28.4 Å². The summed E-state index contributed by atoms with van der Waals surface area (Å²) in [6.07, 6.45) is 0. The van der Waals surface area contributed by atoms with Crippen LogP contribution < -0.4 is 15.2 Å². The Balaban J connectivity index is 1.53. The van der Waals surface area contributed by atoms with Gasteiger partial charge in [0.05, 0.1) is 24.7 Å². The van der Waals surface area contributed by atoms with E-state index in [0.29, 0.717) is 12.1 Å². The molecule has 185 valence electrons.